The van der Waals surface area contributed by atoms with Gasteiger partial charge in [-0.25, -0.2) is 0 Å². The Morgan fingerprint density at radius 3 is 2.30 bits per heavy atom. The predicted molar refractivity (Wildman–Crippen MR) is 130 cm³/mol. The van der Waals surface area contributed by atoms with Gasteiger partial charge in [-0.3, -0.25) is 0 Å². The van der Waals surface area contributed by atoms with Crippen LogP contribution in [0, 0.1) is 22.7 Å². The molecular formula is C26H52O3Si. The second kappa shape index (κ2) is 9.15. The largest absolute Gasteiger partial charge is 0.414 e. The lowest BCUT2D eigenvalue weighted by molar-refractivity contribution is -0.0511. The molecule has 0 aromatic rings. The summed E-state index contributed by atoms with van der Waals surface area (Å²) in [6, 6.07) is 0. The van der Waals surface area contributed by atoms with E-state index >= 15 is 0 Å². The van der Waals surface area contributed by atoms with Crippen molar-refractivity contribution in [1.29, 1.82) is 0 Å². The fourth-order valence-electron chi connectivity index (χ4n) is 6.44. The van der Waals surface area contributed by atoms with Gasteiger partial charge in [-0.2, -0.15) is 0 Å². The van der Waals surface area contributed by atoms with E-state index < -0.39 is 27.6 Å². The van der Waals surface area contributed by atoms with Crippen molar-refractivity contribution in [2.75, 3.05) is 6.61 Å². The van der Waals surface area contributed by atoms with E-state index in [0.717, 1.165) is 32.1 Å². The minimum absolute atomic E-state index is 0.0282. The zero-order valence-corrected chi connectivity index (χ0v) is 21.6. The van der Waals surface area contributed by atoms with Crippen LogP contribution in [-0.4, -0.2) is 36.8 Å². The molecule has 0 aliphatic heterocycles. The Bertz CT molecular complexity index is 733. The average molecular weight is 447 g/mol. The first-order valence-electron chi connectivity index (χ1n) is 15.1. The third-order valence-corrected chi connectivity index (χ3v) is 13.6. The molecular weight excluding hydrogens is 388 g/mol. The molecule has 2 N–H and O–H groups in total. The lowest BCUT2D eigenvalue weighted by Crippen LogP contribution is -2.51. The molecule has 0 saturated heterocycles. The van der Waals surface area contributed by atoms with Gasteiger partial charge in [0.25, 0.3) is 0 Å². The summed E-state index contributed by atoms with van der Waals surface area (Å²) in [6.45, 7) is 10.1. The smallest absolute Gasteiger partial charge is 0.192 e. The number of hydrogen-bond donors (Lipinski definition) is 2. The van der Waals surface area contributed by atoms with Gasteiger partial charge in [0.15, 0.2) is 8.32 Å². The molecule has 0 bridgehead atoms. The fraction of sp³-hybridized carbons (Fsp3) is 1.00. The van der Waals surface area contributed by atoms with Crippen LogP contribution in [0.4, 0.5) is 0 Å². The summed E-state index contributed by atoms with van der Waals surface area (Å²) < 4.78 is 53.1. The number of hydrogen-bond acceptors (Lipinski definition) is 3. The van der Waals surface area contributed by atoms with E-state index in [-0.39, 0.29) is 41.4 Å². The van der Waals surface area contributed by atoms with Gasteiger partial charge in [0.1, 0.15) is 0 Å². The normalized spacial score (nSPS) is 36.5. The molecule has 0 amide bonds. The minimum atomic E-state index is -2.99. The van der Waals surface area contributed by atoms with E-state index in [1.165, 1.54) is 0 Å². The molecule has 2 aliphatic carbocycles. The third kappa shape index (κ3) is 5.71. The van der Waals surface area contributed by atoms with E-state index in [1.54, 1.807) is 0 Å². The zero-order chi connectivity index (χ0) is 28.0. The molecule has 0 radical (unpaired) electrons. The van der Waals surface area contributed by atoms with Gasteiger partial charge >= 0.3 is 0 Å². The Morgan fingerprint density at radius 1 is 1.07 bits per heavy atom. The van der Waals surface area contributed by atoms with E-state index in [9.17, 15) is 10.2 Å². The summed E-state index contributed by atoms with van der Waals surface area (Å²) in [5.74, 6) is 0.770. The maximum absolute atomic E-state index is 10.7. The highest BCUT2D eigenvalue weighted by Crippen LogP contribution is 2.63. The van der Waals surface area contributed by atoms with Crippen LogP contribution in [0.25, 0.3) is 0 Å². The van der Waals surface area contributed by atoms with Gasteiger partial charge < -0.3 is 14.6 Å². The van der Waals surface area contributed by atoms with Crippen LogP contribution < -0.4 is 0 Å². The van der Waals surface area contributed by atoms with Crippen LogP contribution in [0.2, 0.25) is 18.1 Å². The number of fused-ring (bicyclic) bond motifs is 1. The molecule has 0 heterocycles. The zero-order valence-electron chi connectivity index (χ0n) is 26.6. The van der Waals surface area contributed by atoms with Crippen molar-refractivity contribution < 1.29 is 22.9 Å². The molecule has 3 nitrogen and oxygen atoms in total. The third-order valence-electron chi connectivity index (χ3n) is 9.13. The summed E-state index contributed by atoms with van der Waals surface area (Å²) in [5, 5.41) is 20.9. The molecule has 4 heteroatoms. The Morgan fingerprint density at radius 2 is 1.73 bits per heavy atom. The van der Waals surface area contributed by atoms with Crippen molar-refractivity contribution in [2.45, 2.75) is 136 Å². The second-order valence-corrected chi connectivity index (χ2v) is 17.1. The quantitative estimate of drug-likeness (QED) is 0.378. The summed E-state index contributed by atoms with van der Waals surface area (Å²) in [6.07, 6.45) is 6.76. The Balaban J connectivity index is 2.26. The highest BCUT2D eigenvalue weighted by Gasteiger charge is 2.57. The van der Waals surface area contributed by atoms with E-state index in [4.69, 9.17) is 12.7 Å². The summed E-state index contributed by atoms with van der Waals surface area (Å²) in [5.41, 5.74) is -2.95. The fourth-order valence-corrected chi connectivity index (χ4v) is 7.83. The van der Waals surface area contributed by atoms with E-state index in [1.807, 2.05) is 0 Å². The van der Waals surface area contributed by atoms with E-state index in [0.29, 0.717) is 24.7 Å². The van der Waals surface area contributed by atoms with Crippen molar-refractivity contribution in [3.05, 3.63) is 0 Å². The van der Waals surface area contributed by atoms with Gasteiger partial charge in [-0.15, -0.1) is 0 Å². The summed E-state index contributed by atoms with van der Waals surface area (Å²) in [7, 11) is -1.92. The first-order chi connectivity index (χ1) is 16.1. The van der Waals surface area contributed by atoms with Crippen molar-refractivity contribution in [3.8, 4) is 0 Å². The Labute approximate surface area is 196 Å². The van der Waals surface area contributed by atoms with Gasteiger partial charge in [0.05, 0.1) is 5.60 Å². The first kappa shape index (κ1) is 18.5. The maximum atomic E-state index is 10.7. The molecule has 5 atom stereocenters. The van der Waals surface area contributed by atoms with Crippen LogP contribution in [-0.2, 0) is 4.43 Å². The van der Waals surface area contributed by atoms with Gasteiger partial charge in [0.2, 0.25) is 0 Å². The second-order valence-electron chi connectivity index (χ2n) is 12.4. The van der Waals surface area contributed by atoms with Crippen molar-refractivity contribution >= 4 is 8.32 Å². The maximum Gasteiger partial charge on any atom is 0.192 e. The highest BCUT2D eigenvalue weighted by atomic mass is 28.4. The highest BCUT2D eigenvalue weighted by molar-refractivity contribution is 6.74. The monoisotopic (exact) mass is 446 g/mol. The van der Waals surface area contributed by atoms with E-state index in [2.05, 4.69) is 47.7 Å². The van der Waals surface area contributed by atoms with Crippen LogP contribution >= 0.6 is 0 Å². The van der Waals surface area contributed by atoms with Crippen molar-refractivity contribution in [1.82, 2.24) is 0 Å². The molecule has 0 spiro atoms. The molecule has 0 aromatic carbocycles. The number of aliphatic hydroxyl groups excluding tert-OH is 1. The van der Waals surface area contributed by atoms with Crippen LogP contribution in [0.1, 0.15) is 114 Å². The minimum Gasteiger partial charge on any atom is -0.414 e. The lowest BCUT2D eigenvalue weighted by atomic mass is 9.56. The molecule has 2 aliphatic rings. The summed E-state index contributed by atoms with van der Waals surface area (Å²) in [4.78, 5) is 0. The molecule has 2 saturated carbocycles. The molecule has 0 aromatic heterocycles. The SMILES string of the molecule is [2H]C([2H])([2H])C(O)(CCC[C@@](C)(CCO)[C@H]1CC[C@H]2[C@@H](O[Si](C)(C)C(C)(C)C)CCC[C@]12C)C([2H])([2H])[2H]. The lowest BCUT2D eigenvalue weighted by Gasteiger charge is -2.52. The Kier molecular flexibility index (Phi) is 5.65. The topological polar surface area (TPSA) is 49.7 Å². The predicted octanol–water partition coefficient (Wildman–Crippen LogP) is 6.92. The molecule has 178 valence electrons. The average Bonchev–Trinajstić information content (AvgIpc) is 3.04. The first-order valence-corrected chi connectivity index (χ1v) is 15.0. The van der Waals surface area contributed by atoms with Crippen LogP contribution in [0.15, 0.2) is 0 Å². The van der Waals surface area contributed by atoms with Crippen molar-refractivity contribution in [3.63, 3.8) is 0 Å². The molecule has 2 rings (SSSR count). The Hall–Kier alpha value is 0.0969. The number of rotatable bonds is 9. The standard InChI is InChI=1S/C26H52O3Si/c1-23(2,3)30(8,9)29-21-12-10-17-26(7)20(21)13-14-22(26)25(6,18-19-27)16-11-15-24(4,5)28/h20-22,27-28H,10-19H2,1-9H3/t20-,21-,22+,25-,26-/m0/s1/i4D3,5D3. The molecule has 2 fully saturated rings. The van der Waals surface area contributed by atoms with Gasteiger partial charge in [0, 0.05) is 20.9 Å². The number of aliphatic hydroxyl groups is 2. The van der Waals surface area contributed by atoms with Crippen LogP contribution in [0.5, 0.6) is 0 Å². The van der Waals surface area contributed by atoms with Gasteiger partial charge in [-0.05, 0) is 99.4 Å². The van der Waals surface area contributed by atoms with Crippen LogP contribution in [0.3, 0.4) is 0 Å². The molecule has 30 heavy (non-hydrogen) atoms. The summed E-state index contributed by atoms with van der Waals surface area (Å²) >= 11 is 0. The van der Waals surface area contributed by atoms with Gasteiger partial charge in [-0.1, -0.05) is 47.5 Å². The molecule has 0 unspecified atom stereocenters. The van der Waals surface area contributed by atoms with Crippen molar-refractivity contribution in [2.24, 2.45) is 22.7 Å².